The Bertz CT molecular complexity index is 2760. The van der Waals surface area contributed by atoms with Gasteiger partial charge in [0.05, 0.1) is 16.9 Å². The molecule has 1 aliphatic rings. The maximum atomic E-state index is 6.55. The van der Waals surface area contributed by atoms with Crippen molar-refractivity contribution in [2.45, 2.75) is 19.3 Å². The second-order valence-electron chi connectivity index (χ2n) is 13.6. The largest absolute Gasteiger partial charge is 0.454 e. The van der Waals surface area contributed by atoms with E-state index in [4.69, 9.17) is 19.4 Å². The van der Waals surface area contributed by atoms with Crippen LogP contribution in [0.25, 0.3) is 89.1 Å². The van der Waals surface area contributed by atoms with Crippen molar-refractivity contribution in [3.63, 3.8) is 0 Å². The second kappa shape index (κ2) is 10.8. The molecule has 0 fully saturated rings. The van der Waals surface area contributed by atoms with Gasteiger partial charge in [-0.25, -0.2) is 15.0 Å². The third kappa shape index (κ3) is 4.28. The second-order valence-corrected chi connectivity index (χ2v) is 13.6. The van der Waals surface area contributed by atoms with Gasteiger partial charge in [-0.1, -0.05) is 147 Å². The molecule has 4 nitrogen and oxygen atoms in total. The van der Waals surface area contributed by atoms with Crippen LogP contribution in [-0.4, -0.2) is 15.0 Å². The molecule has 3 heterocycles. The van der Waals surface area contributed by atoms with Crippen LogP contribution in [0, 0.1) is 0 Å². The van der Waals surface area contributed by atoms with E-state index >= 15 is 0 Å². The Morgan fingerprint density at radius 1 is 0.480 bits per heavy atom. The van der Waals surface area contributed by atoms with Crippen molar-refractivity contribution in [2.75, 3.05) is 0 Å². The number of rotatable bonds is 4. The molecule has 0 saturated carbocycles. The molecule has 0 atom stereocenters. The number of benzene rings is 6. The third-order valence-corrected chi connectivity index (χ3v) is 10.3. The van der Waals surface area contributed by atoms with E-state index in [-0.39, 0.29) is 5.41 Å². The first kappa shape index (κ1) is 28.6. The van der Waals surface area contributed by atoms with E-state index in [1.165, 1.54) is 22.3 Å². The molecular weight excluding hydrogens is 611 g/mol. The first-order chi connectivity index (χ1) is 24.5. The summed E-state index contributed by atoms with van der Waals surface area (Å²) in [4.78, 5) is 15.4. The van der Waals surface area contributed by atoms with E-state index in [0.717, 1.165) is 78.0 Å². The van der Waals surface area contributed by atoms with Gasteiger partial charge in [-0.15, -0.1) is 0 Å². The number of hydrogen-bond acceptors (Lipinski definition) is 4. The molecule has 0 radical (unpaired) electrons. The minimum Gasteiger partial charge on any atom is -0.454 e. The SMILES string of the molecule is CC1(C)c2ccccc2-c2c(-c3ccc(-c4ccc(-c5nc(-c6ccccc6)c6ccccc6n5)cc4)cc3)nc3c(oc4ccccc43)c21. The quantitative estimate of drug-likeness (QED) is 0.192. The highest BCUT2D eigenvalue weighted by Gasteiger charge is 2.41. The minimum absolute atomic E-state index is 0.228. The summed E-state index contributed by atoms with van der Waals surface area (Å²) >= 11 is 0. The molecule has 4 heteroatoms. The normalized spacial score (nSPS) is 13.2. The first-order valence-corrected chi connectivity index (χ1v) is 17.0. The van der Waals surface area contributed by atoms with E-state index < -0.39 is 0 Å². The van der Waals surface area contributed by atoms with Gasteiger partial charge in [0.15, 0.2) is 11.4 Å². The van der Waals surface area contributed by atoms with E-state index in [2.05, 4.69) is 123 Å². The average molecular weight is 642 g/mol. The lowest BCUT2D eigenvalue weighted by atomic mass is 9.82. The lowest BCUT2D eigenvalue weighted by Gasteiger charge is -2.21. The van der Waals surface area contributed by atoms with Crippen LogP contribution in [0.4, 0.5) is 0 Å². The van der Waals surface area contributed by atoms with Crippen LogP contribution in [-0.2, 0) is 5.41 Å². The molecule has 9 aromatic rings. The van der Waals surface area contributed by atoms with Gasteiger partial charge in [-0.05, 0) is 40.5 Å². The molecule has 236 valence electrons. The molecule has 0 saturated heterocycles. The summed E-state index contributed by atoms with van der Waals surface area (Å²) in [6, 6.07) is 52.8. The molecule has 0 spiro atoms. The molecule has 6 aromatic carbocycles. The van der Waals surface area contributed by atoms with Gasteiger partial charge in [-0.2, -0.15) is 0 Å². The molecule has 10 rings (SSSR count). The predicted molar refractivity (Wildman–Crippen MR) is 204 cm³/mol. The van der Waals surface area contributed by atoms with Crippen LogP contribution < -0.4 is 0 Å². The summed E-state index contributed by atoms with van der Waals surface area (Å²) < 4.78 is 6.55. The van der Waals surface area contributed by atoms with Crippen molar-refractivity contribution in [3.8, 4) is 56.2 Å². The lowest BCUT2D eigenvalue weighted by Crippen LogP contribution is -2.15. The fourth-order valence-corrected chi connectivity index (χ4v) is 7.81. The van der Waals surface area contributed by atoms with Crippen molar-refractivity contribution >= 4 is 33.0 Å². The molecular formula is C46H31N3O. The Morgan fingerprint density at radius 2 is 1.08 bits per heavy atom. The molecule has 0 bridgehead atoms. The monoisotopic (exact) mass is 641 g/mol. The van der Waals surface area contributed by atoms with E-state index in [1.807, 2.05) is 42.5 Å². The molecule has 0 unspecified atom stereocenters. The number of nitrogens with zero attached hydrogens (tertiary/aromatic N) is 3. The minimum atomic E-state index is -0.228. The molecule has 0 N–H and O–H groups in total. The average Bonchev–Trinajstić information content (AvgIpc) is 3.66. The highest BCUT2D eigenvalue weighted by Crippen LogP contribution is 2.55. The van der Waals surface area contributed by atoms with Gasteiger partial charge in [0, 0.05) is 44.0 Å². The van der Waals surface area contributed by atoms with Crippen molar-refractivity contribution < 1.29 is 4.42 Å². The molecule has 1 aliphatic carbocycles. The summed E-state index contributed by atoms with van der Waals surface area (Å²) in [7, 11) is 0. The molecule has 0 aliphatic heterocycles. The van der Waals surface area contributed by atoms with Crippen LogP contribution >= 0.6 is 0 Å². The maximum absolute atomic E-state index is 6.55. The van der Waals surface area contributed by atoms with Crippen LogP contribution in [0.15, 0.2) is 156 Å². The molecule has 3 aromatic heterocycles. The van der Waals surface area contributed by atoms with Crippen LogP contribution in [0.3, 0.4) is 0 Å². The highest BCUT2D eigenvalue weighted by atomic mass is 16.3. The zero-order chi connectivity index (χ0) is 33.4. The van der Waals surface area contributed by atoms with Gasteiger partial charge in [0.1, 0.15) is 11.1 Å². The summed E-state index contributed by atoms with van der Waals surface area (Å²) in [5, 5.41) is 2.09. The van der Waals surface area contributed by atoms with Gasteiger partial charge in [0.25, 0.3) is 0 Å². The highest BCUT2D eigenvalue weighted by molar-refractivity contribution is 6.09. The summed E-state index contributed by atoms with van der Waals surface area (Å²) in [5.74, 6) is 0.717. The first-order valence-electron chi connectivity index (χ1n) is 17.0. The van der Waals surface area contributed by atoms with Gasteiger partial charge >= 0.3 is 0 Å². The van der Waals surface area contributed by atoms with Crippen molar-refractivity contribution in [3.05, 3.63) is 163 Å². The Kier molecular flexibility index (Phi) is 6.19. The number of aromatic nitrogens is 3. The Morgan fingerprint density at radius 3 is 1.86 bits per heavy atom. The fourth-order valence-electron chi connectivity index (χ4n) is 7.81. The summed E-state index contributed by atoms with van der Waals surface area (Å²) in [5.41, 5.74) is 15.6. The van der Waals surface area contributed by atoms with Crippen LogP contribution in [0.2, 0.25) is 0 Å². The van der Waals surface area contributed by atoms with Gasteiger partial charge in [-0.3, -0.25) is 0 Å². The fraction of sp³-hybridized carbons (Fsp3) is 0.0652. The smallest absolute Gasteiger partial charge is 0.160 e. The van der Waals surface area contributed by atoms with E-state index in [0.29, 0.717) is 0 Å². The van der Waals surface area contributed by atoms with Gasteiger partial charge in [0.2, 0.25) is 0 Å². The zero-order valence-electron chi connectivity index (χ0n) is 27.7. The zero-order valence-corrected chi connectivity index (χ0v) is 27.7. The van der Waals surface area contributed by atoms with Gasteiger partial charge < -0.3 is 4.42 Å². The molecule has 0 amide bonds. The van der Waals surface area contributed by atoms with E-state index in [1.54, 1.807) is 0 Å². The number of para-hydroxylation sites is 2. The summed E-state index contributed by atoms with van der Waals surface area (Å²) in [6.45, 7) is 4.60. The lowest BCUT2D eigenvalue weighted by molar-refractivity contribution is 0.619. The summed E-state index contributed by atoms with van der Waals surface area (Å²) in [6.07, 6.45) is 0. The topological polar surface area (TPSA) is 51.8 Å². The molecule has 50 heavy (non-hydrogen) atoms. The number of pyridine rings is 1. The van der Waals surface area contributed by atoms with Crippen LogP contribution in [0.5, 0.6) is 0 Å². The van der Waals surface area contributed by atoms with Crippen molar-refractivity contribution in [2.24, 2.45) is 0 Å². The maximum Gasteiger partial charge on any atom is 0.160 e. The Balaban J connectivity index is 1.05. The van der Waals surface area contributed by atoms with Crippen molar-refractivity contribution in [1.82, 2.24) is 15.0 Å². The Hall–Kier alpha value is -6.39. The van der Waals surface area contributed by atoms with E-state index in [9.17, 15) is 0 Å². The standard InChI is InChI=1S/C46H31N3O/c1-46(2)36-17-9-6-14-33(36)39-40(46)44-43(35-16-8-11-19-38(35)50-44)48-42(39)31-24-20-28(21-25-31)29-22-26-32(27-23-29)45-47-37-18-10-7-15-34(37)41(49-45)30-12-4-3-5-13-30/h3-27H,1-2H3. The third-order valence-electron chi connectivity index (χ3n) is 10.3. The van der Waals surface area contributed by atoms with Crippen LogP contribution in [0.1, 0.15) is 25.0 Å². The number of hydrogen-bond donors (Lipinski definition) is 0. The Labute approximate surface area is 289 Å². The van der Waals surface area contributed by atoms with Crippen molar-refractivity contribution in [1.29, 1.82) is 0 Å². The predicted octanol–water partition coefficient (Wildman–Crippen LogP) is 11.9. The number of furan rings is 1. The number of fused-ring (bicyclic) bond motifs is 8.